The Morgan fingerprint density at radius 3 is 2.69 bits per heavy atom. The molecule has 2 fully saturated rings. The van der Waals surface area contributed by atoms with Crippen LogP contribution in [0.4, 0.5) is 9.18 Å². The van der Waals surface area contributed by atoms with Gasteiger partial charge in [0, 0.05) is 35.7 Å². The van der Waals surface area contributed by atoms with Crippen LogP contribution < -0.4 is 10.6 Å². The molecule has 2 aliphatic heterocycles. The second kappa shape index (κ2) is 11.8. The molecular weight excluding hydrogens is 499 g/mol. The highest BCUT2D eigenvalue weighted by atomic mass is 35.5. The van der Waals surface area contributed by atoms with E-state index in [2.05, 4.69) is 10.6 Å². The number of nitrogens with one attached hydrogen (secondary N) is 2. The summed E-state index contributed by atoms with van der Waals surface area (Å²) in [5.74, 6) is -3.88. The summed E-state index contributed by atoms with van der Waals surface area (Å²) in [6.45, 7) is 0.404. The van der Waals surface area contributed by atoms with Crippen LogP contribution in [0.1, 0.15) is 31.2 Å². The van der Waals surface area contributed by atoms with Gasteiger partial charge in [0.1, 0.15) is 17.9 Å². The van der Waals surface area contributed by atoms with Gasteiger partial charge in [-0.1, -0.05) is 17.7 Å². The highest BCUT2D eigenvalue weighted by Gasteiger charge is 2.41. The number of carbonyl (C=O) groups is 5. The second-order valence-corrected chi connectivity index (χ2v) is 8.78. The van der Waals surface area contributed by atoms with Gasteiger partial charge in [0.25, 0.3) is 5.91 Å². The predicted molar refractivity (Wildman–Crippen MR) is 125 cm³/mol. The minimum atomic E-state index is -1.46. The first kappa shape index (κ1) is 26.9. The van der Waals surface area contributed by atoms with E-state index in [0.717, 1.165) is 30.3 Å². The Hall–Kier alpha value is -3.67. The van der Waals surface area contributed by atoms with Gasteiger partial charge >= 0.3 is 12.1 Å². The minimum absolute atomic E-state index is 0.0106. The molecule has 0 aliphatic carbocycles. The summed E-state index contributed by atoms with van der Waals surface area (Å²) < 4.78 is 18.9. The smallest absolute Gasteiger partial charge is 0.426 e. The molecule has 4 amide bonds. The van der Waals surface area contributed by atoms with E-state index in [0.29, 0.717) is 18.0 Å². The summed E-state index contributed by atoms with van der Waals surface area (Å²) >= 11 is 5.73. The molecule has 0 aromatic heterocycles. The van der Waals surface area contributed by atoms with Crippen LogP contribution in [0.3, 0.4) is 0 Å². The minimum Gasteiger partial charge on any atom is -0.467 e. The van der Waals surface area contributed by atoms with Crippen LogP contribution in [0.2, 0.25) is 5.02 Å². The fourth-order valence-electron chi connectivity index (χ4n) is 4.19. The zero-order valence-corrected chi connectivity index (χ0v) is 20.2. The van der Waals surface area contributed by atoms with Crippen LogP contribution in [0, 0.1) is 11.7 Å². The standard InChI is InChI=1S/C23H26ClFN4O7/c1-36-22(33)17(11-14-8-9-26-20(14)31)27-21(32)18-3-2-10-28(23(34)35)29(18)19(30)7-5-13-4-6-15(24)12-16(13)25/h4-7,12,14,17-18H,2-3,8-11H2,1H3,(H,26,31)(H,27,32)(H,34,35)/b7-5+/t14-,17?,18-/m0/s1. The number of carboxylic acid groups (broad SMARTS) is 1. The molecule has 0 saturated carbocycles. The van der Waals surface area contributed by atoms with Crippen molar-refractivity contribution in [3.63, 3.8) is 0 Å². The third kappa shape index (κ3) is 6.30. The molecule has 194 valence electrons. The SMILES string of the molecule is COC(=O)C(C[C@@H]1CCNC1=O)NC(=O)[C@@H]1CCCN(C(=O)O)N1C(=O)/C=C/c1ccc(Cl)cc1F. The number of nitrogens with zero attached hydrogens (tertiary/aromatic N) is 2. The number of benzene rings is 1. The number of hydrogen-bond donors (Lipinski definition) is 3. The number of esters is 1. The lowest BCUT2D eigenvalue weighted by Gasteiger charge is -2.41. The maximum absolute atomic E-state index is 14.1. The Labute approximate surface area is 211 Å². The Kier molecular flexibility index (Phi) is 8.86. The Bertz CT molecular complexity index is 1080. The first-order chi connectivity index (χ1) is 17.1. The normalized spacial score (nSPS) is 20.7. The lowest BCUT2D eigenvalue weighted by atomic mass is 9.97. The van der Waals surface area contributed by atoms with Crippen LogP contribution in [0.15, 0.2) is 24.3 Å². The van der Waals surface area contributed by atoms with Gasteiger partial charge in [-0.3, -0.25) is 14.4 Å². The largest absolute Gasteiger partial charge is 0.467 e. The van der Waals surface area contributed by atoms with Gasteiger partial charge in [0.2, 0.25) is 11.8 Å². The summed E-state index contributed by atoms with van der Waals surface area (Å²) in [7, 11) is 1.14. The fourth-order valence-corrected chi connectivity index (χ4v) is 4.35. The van der Waals surface area contributed by atoms with Crippen LogP contribution in [0.25, 0.3) is 6.08 Å². The summed E-state index contributed by atoms with van der Waals surface area (Å²) in [5.41, 5.74) is 0.0354. The van der Waals surface area contributed by atoms with Gasteiger partial charge in [-0.2, -0.15) is 0 Å². The van der Waals surface area contributed by atoms with Gasteiger partial charge in [0.05, 0.1) is 7.11 Å². The molecule has 1 aromatic rings. The molecule has 3 rings (SSSR count). The fraction of sp³-hybridized carbons (Fsp3) is 0.435. The van der Waals surface area contributed by atoms with E-state index in [1.165, 1.54) is 12.1 Å². The number of amides is 4. The molecule has 1 aromatic carbocycles. The highest BCUT2D eigenvalue weighted by Crippen LogP contribution is 2.22. The third-order valence-corrected chi connectivity index (χ3v) is 6.24. The monoisotopic (exact) mass is 524 g/mol. The zero-order chi connectivity index (χ0) is 26.4. The molecule has 0 spiro atoms. The molecule has 13 heteroatoms. The Balaban J connectivity index is 1.82. The van der Waals surface area contributed by atoms with E-state index < -0.39 is 47.7 Å². The van der Waals surface area contributed by atoms with Crippen molar-refractivity contribution in [2.24, 2.45) is 5.92 Å². The Morgan fingerprint density at radius 1 is 1.33 bits per heavy atom. The third-order valence-electron chi connectivity index (χ3n) is 6.01. The average Bonchev–Trinajstić information content (AvgIpc) is 3.25. The summed E-state index contributed by atoms with van der Waals surface area (Å²) in [6.07, 6.45) is 1.50. The van der Waals surface area contributed by atoms with Gasteiger partial charge in [-0.15, -0.1) is 0 Å². The maximum Gasteiger partial charge on any atom is 0.426 e. The maximum atomic E-state index is 14.1. The number of ether oxygens (including phenoxy) is 1. The molecule has 1 unspecified atom stereocenters. The van der Waals surface area contributed by atoms with E-state index in [4.69, 9.17) is 16.3 Å². The predicted octanol–water partition coefficient (Wildman–Crippen LogP) is 1.56. The molecular formula is C23H26ClFN4O7. The van der Waals surface area contributed by atoms with E-state index in [1.54, 1.807) is 0 Å². The van der Waals surface area contributed by atoms with Crippen LogP contribution in [0.5, 0.6) is 0 Å². The van der Waals surface area contributed by atoms with Crippen molar-refractivity contribution >= 4 is 47.5 Å². The van der Waals surface area contributed by atoms with E-state index in [-0.39, 0.29) is 42.3 Å². The van der Waals surface area contributed by atoms with Crippen molar-refractivity contribution in [2.75, 3.05) is 20.2 Å². The van der Waals surface area contributed by atoms with Crippen molar-refractivity contribution in [2.45, 2.75) is 37.8 Å². The zero-order valence-electron chi connectivity index (χ0n) is 19.4. The van der Waals surface area contributed by atoms with Crippen molar-refractivity contribution in [3.05, 3.63) is 40.7 Å². The molecule has 0 radical (unpaired) electrons. The first-order valence-electron chi connectivity index (χ1n) is 11.2. The van der Waals surface area contributed by atoms with E-state index in [9.17, 15) is 33.5 Å². The highest BCUT2D eigenvalue weighted by molar-refractivity contribution is 6.30. The van der Waals surface area contributed by atoms with Crippen molar-refractivity contribution in [3.8, 4) is 0 Å². The molecule has 2 saturated heterocycles. The first-order valence-corrected chi connectivity index (χ1v) is 11.6. The number of methoxy groups -OCH3 is 1. The number of carbonyl (C=O) groups excluding carboxylic acids is 4. The molecule has 2 heterocycles. The summed E-state index contributed by atoms with van der Waals surface area (Å²) in [5, 5.41) is 16.4. The molecule has 3 atom stereocenters. The van der Waals surface area contributed by atoms with Crippen LogP contribution in [-0.2, 0) is 23.9 Å². The van der Waals surface area contributed by atoms with Crippen molar-refractivity contribution in [1.82, 2.24) is 20.7 Å². The van der Waals surface area contributed by atoms with E-state index in [1.807, 2.05) is 0 Å². The lowest BCUT2D eigenvalue weighted by molar-refractivity contribution is -0.159. The van der Waals surface area contributed by atoms with Gasteiger partial charge in [-0.25, -0.2) is 24.0 Å². The van der Waals surface area contributed by atoms with Crippen LogP contribution in [-0.4, -0.2) is 77.2 Å². The summed E-state index contributed by atoms with van der Waals surface area (Å²) in [4.78, 5) is 62.3. The topological polar surface area (TPSA) is 145 Å². The average molecular weight is 525 g/mol. The van der Waals surface area contributed by atoms with E-state index >= 15 is 0 Å². The lowest BCUT2D eigenvalue weighted by Crippen LogP contribution is -2.62. The Morgan fingerprint density at radius 2 is 2.08 bits per heavy atom. The number of hydrazine groups is 1. The quantitative estimate of drug-likeness (QED) is 0.362. The van der Waals surface area contributed by atoms with Crippen molar-refractivity contribution < 1.29 is 38.2 Å². The van der Waals surface area contributed by atoms with Gasteiger partial charge < -0.3 is 20.5 Å². The van der Waals surface area contributed by atoms with Gasteiger partial charge in [0.15, 0.2) is 0 Å². The molecule has 36 heavy (non-hydrogen) atoms. The molecule has 0 bridgehead atoms. The molecule has 3 N–H and O–H groups in total. The summed E-state index contributed by atoms with van der Waals surface area (Å²) in [6, 6.07) is 1.38. The number of rotatable bonds is 7. The second-order valence-electron chi connectivity index (χ2n) is 8.34. The molecule has 11 nitrogen and oxygen atoms in total. The molecule has 2 aliphatic rings. The van der Waals surface area contributed by atoms with Gasteiger partial charge in [-0.05, 0) is 43.9 Å². The van der Waals surface area contributed by atoms with Crippen LogP contribution >= 0.6 is 11.6 Å². The van der Waals surface area contributed by atoms with Crippen molar-refractivity contribution in [1.29, 1.82) is 0 Å². The number of halogens is 2. The number of hydrogen-bond acceptors (Lipinski definition) is 6.